The van der Waals surface area contributed by atoms with Crippen LogP contribution in [0.15, 0.2) is 12.3 Å². The molecule has 15 heavy (non-hydrogen) atoms. The molecule has 80 valence electrons. The summed E-state index contributed by atoms with van der Waals surface area (Å²) < 4.78 is 1.58. The average Bonchev–Trinajstić information content (AvgIpc) is 2.64. The lowest BCUT2D eigenvalue weighted by atomic mass is 10.1. The van der Waals surface area contributed by atoms with Crippen molar-refractivity contribution in [2.75, 3.05) is 13.1 Å². The van der Waals surface area contributed by atoms with Crippen LogP contribution in [0.2, 0.25) is 0 Å². The van der Waals surface area contributed by atoms with E-state index in [4.69, 9.17) is 0 Å². The quantitative estimate of drug-likeness (QED) is 0.662. The van der Waals surface area contributed by atoms with Crippen LogP contribution < -0.4 is 0 Å². The minimum atomic E-state index is -0.149. The molecule has 0 atom stereocenters. The number of hydrogen-bond donors (Lipinski definition) is 0. The Morgan fingerprint density at radius 2 is 2.33 bits per heavy atom. The number of carbonyl (C=O) groups excluding carboxylic acids is 2. The van der Waals surface area contributed by atoms with E-state index in [0.29, 0.717) is 18.7 Å². The van der Waals surface area contributed by atoms with Gasteiger partial charge in [-0.3, -0.25) is 14.3 Å². The van der Waals surface area contributed by atoms with Gasteiger partial charge >= 0.3 is 0 Å². The molecule has 0 aromatic carbocycles. The zero-order valence-electron chi connectivity index (χ0n) is 8.64. The number of aryl methyl sites for hydroxylation is 1. The fourth-order valence-corrected chi connectivity index (χ4v) is 1.70. The van der Waals surface area contributed by atoms with Crippen LogP contribution in [0.4, 0.5) is 0 Å². The van der Waals surface area contributed by atoms with E-state index in [-0.39, 0.29) is 18.2 Å². The van der Waals surface area contributed by atoms with Crippen LogP contribution in [-0.4, -0.2) is 39.5 Å². The number of hydrogen-bond acceptors (Lipinski definition) is 3. The molecule has 1 aliphatic rings. The Balaban J connectivity index is 2.10. The molecule has 2 rings (SSSR count). The molecule has 0 bridgehead atoms. The molecule has 0 saturated carbocycles. The molecule has 0 radical (unpaired) electrons. The number of likely N-dealkylation sites (tertiary alicyclic amines) is 1. The zero-order chi connectivity index (χ0) is 10.8. The smallest absolute Gasteiger partial charge is 0.274 e. The van der Waals surface area contributed by atoms with Crippen molar-refractivity contribution in [3.63, 3.8) is 0 Å². The molecule has 0 aliphatic carbocycles. The SMILES string of the molecule is Cn1ccc(C(=O)N2CCCC(=O)C2)n1. The number of Topliss-reactive ketones (excluding diaryl/α,β-unsaturated/α-hetero) is 1. The third kappa shape index (κ3) is 2.06. The lowest BCUT2D eigenvalue weighted by molar-refractivity contribution is -0.121. The van der Waals surface area contributed by atoms with Gasteiger partial charge in [0, 0.05) is 26.2 Å². The summed E-state index contributed by atoms with van der Waals surface area (Å²) in [4.78, 5) is 24.6. The number of ketones is 1. The summed E-state index contributed by atoms with van der Waals surface area (Å²) in [6.07, 6.45) is 3.07. The van der Waals surface area contributed by atoms with Crippen molar-refractivity contribution in [2.45, 2.75) is 12.8 Å². The van der Waals surface area contributed by atoms with E-state index in [1.807, 2.05) is 0 Å². The molecule has 1 aromatic rings. The van der Waals surface area contributed by atoms with Crippen molar-refractivity contribution >= 4 is 11.7 Å². The molecule has 1 amide bonds. The number of piperidine rings is 1. The molecule has 1 saturated heterocycles. The first-order valence-electron chi connectivity index (χ1n) is 4.97. The molecule has 5 heteroatoms. The molecular weight excluding hydrogens is 194 g/mol. The van der Waals surface area contributed by atoms with E-state index in [9.17, 15) is 9.59 Å². The first-order valence-corrected chi connectivity index (χ1v) is 4.97. The maximum Gasteiger partial charge on any atom is 0.274 e. The normalized spacial score (nSPS) is 16.9. The van der Waals surface area contributed by atoms with Gasteiger partial charge in [0.05, 0.1) is 6.54 Å². The van der Waals surface area contributed by atoms with E-state index >= 15 is 0 Å². The molecule has 1 fully saturated rings. The first kappa shape index (κ1) is 9.89. The number of amides is 1. The van der Waals surface area contributed by atoms with Gasteiger partial charge in [-0.25, -0.2) is 0 Å². The third-order valence-corrected chi connectivity index (χ3v) is 2.47. The number of rotatable bonds is 1. The van der Waals surface area contributed by atoms with Gasteiger partial charge in [0.15, 0.2) is 5.78 Å². The molecule has 5 nitrogen and oxygen atoms in total. The lowest BCUT2D eigenvalue weighted by Gasteiger charge is -2.24. The standard InChI is InChI=1S/C10H13N3O2/c1-12-6-4-9(11-12)10(15)13-5-2-3-8(14)7-13/h4,6H,2-3,5,7H2,1H3. The second-order valence-electron chi connectivity index (χ2n) is 3.74. The summed E-state index contributed by atoms with van der Waals surface area (Å²) in [7, 11) is 1.76. The van der Waals surface area contributed by atoms with E-state index < -0.39 is 0 Å². The largest absolute Gasteiger partial charge is 0.330 e. The van der Waals surface area contributed by atoms with Crippen LogP contribution in [0.25, 0.3) is 0 Å². The fourth-order valence-electron chi connectivity index (χ4n) is 1.70. The van der Waals surface area contributed by atoms with Crippen LogP contribution >= 0.6 is 0 Å². The van der Waals surface area contributed by atoms with Crippen LogP contribution in [0.5, 0.6) is 0 Å². The predicted molar refractivity (Wildman–Crippen MR) is 53.4 cm³/mol. The summed E-state index contributed by atoms with van der Waals surface area (Å²) >= 11 is 0. The molecule has 1 aliphatic heterocycles. The van der Waals surface area contributed by atoms with Gasteiger partial charge in [-0.15, -0.1) is 0 Å². The molecule has 0 spiro atoms. The molecule has 2 heterocycles. The molecule has 1 aromatic heterocycles. The molecule has 0 N–H and O–H groups in total. The van der Waals surface area contributed by atoms with Gasteiger partial charge in [-0.1, -0.05) is 0 Å². The van der Waals surface area contributed by atoms with E-state index in [1.54, 1.807) is 28.9 Å². The van der Waals surface area contributed by atoms with E-state index in [2.05, 4.69) is 5.10 Å². The highest BCUT2D eigenvalue weighted by molar-refractivity contribution is 5.95. The highest BCUT2D eigenvalue weighted by Gasteiger charge is 2.23. The second-order valence-corrected chi connectivity index (χ2v) is 3.74. The van der Waals surface area contributed by atoms with Crippen LogP contribution in [-0.2, 0) is 11.8 Å². The van der Waals surface area contributed by atoms with Crippen molar-refractivity contribution in [2.24, 2.45) is 7.05 Å². The Labute approximate surface area is 87.7 Å². The Hall–Kier alpha value is -1.65. The molecule has 0 unspecified atom stereocenters. The van der Waals surface area contributed by atoms with Crippen molar-refractivity contribution in [1.29, 1.82) is 0 Å². The van der Waals surface area contributed by atoms with E-state index in [0.717, 1.165) is 6.42 Å². The third-order valence-electron chi connectivity index (χ3n) is 2.47. The van der Waals surface area contributed by atoms with Gasteiger partial charge in [0.2, 0.25) is 0 Å². The van der Waals surface area contributed by atoms with Gasteiger partial charge in [-0.2, -0.15) is 5.10 Å². The highest BCUT2D eigenvalue weighted by Crippen LogP contribution is 2.09. The van der Waals surface area contributed by atoms with Crippen LogP contribution in [0.1, 0.15) is 23.3 Å². The monoisotopic (exact) mass is 207 g/mol. The van der Waals surface area contributed by atoms with Crippen molar-refractivity contribution in [3.8, 4) is 0 Å². The maximum absolute atomic E-state index is 11.9. The Morgan fingerprint density at radius 3 is 2.93 bits per heavy atom. The minimum absolute atomic E-state index is 0.130. The van der Waals surface area contributed by atoms with Gasteiger partial charge < -0.3 is 4.90 Å². The topological polar surface area (TPSA) is 55.2 Å². The second kappa shape index (κ2) is 3.84. The minimum Gasteiger partial charge on any atom is -0.330 e. The van der Waals surface area contributed by atoms with Gasteiger partial charge in [0.1, 0.15) is 5.69 Å². The predicted octanol–water partition coefficient (Wildman–Crippen LogP) is 0.225. The van der Waals surface area contributed by atoms with Crippen LogP contribution in [0.3, 0.4) is 0 Å². The fraction of sp³-hybridized carbons (Fsp3) is 0.500. The van der Waals surface area contributed by atoms with Crippen molar-refractivity contribution < 1.29 is 9.59 Å². The Kier molecular flexibility index (Phi) is 2.53. The Bertz CT molecular complexity index is 397. The van der Waals surface area contributed by atoms with Crippen molar-refractivity contribution in [3.05, 3.63) is 18.0 Å². The number of nitrogens with zero attached hydrogens (tertiary/aromatic N) is 3. The summed E-state index contributed by atoms with van der Waals surface area (Å²) in [6, 6.07) is 1.67. The maximum atomic E-state index is 11.9. The Morgan fingerprint density at radius 1 is 1.53 bits per heavy atom. The van der Waals surface area contributed by atoms with Crippen molar-refractivity contribution in [1.82, 2.24) is 14.7 Å². The number of carbonyl (C=O) groups is 2. The zero-order valence-corrected chi connectivity index (χ0v) is 8.64. The number of aromatic nitrogens is 2. The summed E-state index contributed by atoms with van der Waals surface area (Å²) in [5.41, 5.74) is 0.409. The summed E-state index contributed by atoms with van der Waals surface area (Å²) in [5, 5.41) is 4.02. The lowest BCUT2D eigenvalue weighted by Crippen LogP contribution is -2.40. The first-order chi connectivity index (χ1) is 7.16. The summed E-state index contributed by atoms with van der Waals surface area (Å²) in [5.74, 6) is -0.0193. The highest BCUT2D eigenvalue weighted by atomic mass is 16.2. The average molecular weight is 207 g/mol. The molecular formula is C10H13N3O2. The summed E-state index contributed by atoms with van der Waals surface area (Å²) in [6.45, 7) is 0.885. The van der Waals surface area contributed by atoms with E-state index in [1.165, 1.54) is 0 Å². The van der Waals surface area contributed by atoms with Gasteiger partial charge in [0.25, 0.3) is 5.91 Å². The van der Waals surface area contributed by atoms with Gasteiger partial charge in [-0.05, 0) is 12.5 Å². The van der Waals surface area contributed by atoms with Crippen LogP contribution in [0, 0.1) is 0 Å².